The molecule has 0 aliphatic carbocycles. The zero-order chi connectivity index (χ0) is 12.4. The standard InChI is InChI=1S/C10H11N5OS/c1-5-7(6-3-4-12-9(11)13-6)14-10(17-2)15-8(5)16/h3-4H,1-2H3,(H2,11,12,13)(H,14,15,16). The Hall–Kier alpha value is -1.89. The summed E-state index contributed by atoms with van der Waals surface area (Å²) in [5.41, 5.74) is 6.94. The van der Waals surface area contributed by atoms with E-state index in [4.69, 9.17) is 5.73 Å². The van der Waals surface area contributed by atoms with Crippen LogP contribution in [0.25, 0.3) is 11.4 Å². The topological polar surface area (TPSA) is 97.5 Å². The number of nitrogen functional groups attached to an aromatic ring is 1. The SMILES string of the molecule is CSc1nc(-c2ccnc(N)n2)c(C)c(=O)[nH]1. The molecule has 0 bridgehead atoms. The van der Waals surface area contributed by atoms with Crippen molar-refractivity contribution >= 4 is 17.7 Å². The van der Waals surface area contributed by atoms with E-state index in [0.29, 0.717) is 22.1 Å². The summed E-state index contributed by atoms with van der Waals surface area (Å²) < 4.78 is 0. The third kappa shape index (κ3) is 2.28. The van der Waals surface area contributed by atoms with E-state index >= 15 is 0 Å². The lowest BCUT2D eigenvalue weighted by Gasteiger charge is -2.05. The Labute approximate surface area is 102 Å². The van der Waals surface area contributed by atoms with E-state index in [1.807, 2.05) is 6.26 Å². The van der Waals surface area contributed by atoms with Gasteiger partial charge < -0.3 is 10.7 Å². The highest BCUT2D eigenvalue weighted by atomic mass is 32.2. The number of nitrogens with two attached hydrogens (primary N) is 1. The van der Waals surface area contributed by atoms with E-state index in [1.165, 1.54) is 11.8 Å². The molecule has 0 saturated heterocycles. The van der Waals surface area contributed by atoms with Crippen LogP contribution < -0.4 is 11.3 Å². The maximum absolute atomic E-state index is 11.7. The van der Waals surface area contributed by atoms with Gasteiger partial charge >= 0.3 is 0 Å². The molecule has 0 aliphatic rings. The first-order valence-electron chi connectivity index (χ1n) is 4.85. The van der Waals surface area contributed by atoms with Gasteiger partial charge in [-0.3, -0.25) is 4.79 Å². The first kappa shape index (κ1) is 11.6. The van der Waals surface area contributed by atoms with Crippen LogP contribution in [0.5, 0.6) is 0 Å². The summed E-state index contributed by atoms with van der Waals surface area (Å²) in [4.78, 5) is 26.6. The Balaban J connectivity index is 2.66. The number of hydrogen-bond acceptors (Lipinski definition) is 6. The summed E-state index contributed by atoms with van der Waals surface area (Å²) >= 11 is 1.36. The first-order chi connectivity index (χ1) is 8.11. The molecule has 0 aromatic carbocycles. The number of aromatic amines is 1. The zero-order valence-electron chi connectivity index (χ0n) is 9.39. The van der Waals surface area contributed by atoms with Gasteiger partial charge in [0.05, 0.1) is 5.69 Å². The Morgan fingerprint density at radius 3 is 2.82 bits per heavy atom. The van der Waals surface area contributed by atoms with Crippen LogP contribution in [-0.4, -0.2) is 26.2 Å². The summed E-state index contributed by atoms with van der Waals surface area (Å²) in [6.45, 7) is 1.70. The highest BCUT2D eigenvalue weighted by Gasteiger charge is 2.10. The average molecular weight is 249 g/mol. The van der Waals surface area contributed by atoms with E-state index in [9.17, 15) is 4.79 Å². The van der Waals surface area contributed by atoms with Gasteiger partial charge in [-0.15, -0.1) is 0 Å². The molecule has 2 heterocycles. The molecular formula is C10H11N5OS. The molecule has 0 amide bonds. The van der Waals surface area contributed by atoms with Gasteiger partial charge in [0.2, 0.25) is 5.95 Å². The molecule has 0 aliphatic heterocycles. The first-order valence-corrected chi connectivity index (χ1v) is 6.08. The van der Waals surface area contributed by atoms with Crippen LogP contribution in [0, 0.1) is 6.92 Å². The molecule has 0 atom stereocenters. The van der Waals surface area contributed by atoms with Crippen molar-refractivity contribution in [2.45, 2.75) is 12.1 Å². The number of thioether (sulfide) groups is 1. The van der Waals surface area contributed by atoms with Gasteiger partial charge in [-0.1, -0.05) is 11.8 Å². The average Bonchev–Trinajstić information content (AvgIpc) is 2.32. The second kappa shape index (κ2) is 4.54. The molecule has 6 nitrogen and oxygen atoms in total. The van der Waals surface area contributed by atoms with Crippen LogP contribution in [0.4, 0.5) is 5.95 Å². The molecular weight excluding hydrogens is 238 g/mol. The number of rotatable bonds is 2. The Kier molecular flexibility index (Phi) is 3.10. The van der Waals surface area contributed by atoms with E-state index in [1.54, 1.807) is 19.2 Å². The lowest BCUT2D eigenvalue weighted by atomic mass is 10.2. The number of nitrogens with one attached hydrogen (secondary N) is 1. The minimum atomic E-state index is -0.170. The lowest BCUT2D eigenvalue weighted by molar-refractivity contribution is 0.921. The monoisotopic (exact) mass is 249 g/mol. The van der Waals surface area contributed by atoms with Gasteiger partial charge in [0.15, 0.2) is 5.16 Å². The summed E-state index contributed by atoms with van der Waals surface area (Å²) in [5, 5.41) is 0.549. The maximum Gasteiger partial charge on any atom is 0.255 e. The van der Waals surface area contributed by atoms with Crippen molar-refractivity contribution < 1.29 is 0 Å². The molecule has 17 heavy (non-hydrogen) atoms. The maximum atomic E-state index is 11.7. The van der Waals surface area contributed by atoms with Crippen LogP contribution in [0.2, 0.25) is 0 Å². The van der Waals surface area contributed by atoms with Gasteiger partial charge in [0, 0.05) is 11.8 Å². The third-order valence-corrected chi connectivity index (χ3v) is 2.82. The second-order valence-electron chi connectivity index (χ2n) is 3.35. The summed E-state index contributed by atoms with van der Waals surface area (Å²) in [7, 11) is 0. The van der Waals surface area contributed by atoms with Crippen molar-refractivity contribution in [3.8, 4) is 11.4 Å². The second-order valence-corrected chi connectivity index (χ2v) is 4.14. The highest BCUT2D eigenvalue weighted by Crippen LogP contribution is 2.18. The molecule has 7 heteroatoms. The molecule has 0 spiro atoms. The van der Waals surface area contributed by atoms with Crippen LogP contribution in [0.1, 0.15) is 5.56 Å². The van der Waals surface area contributed by atoms with Crippen molar-refractivity contribution in [3.05, 3.63) is 28.2 Å². The van der Waals surface area contributed by atoms with Crippen LogP contribution in [-0.2, 0) is 0 Å². The molecule has 3 N–H and O–H groups in total. The fraction of sp³-hybridized carbons (Fsp3) is 0.200. The highest BCUT2D eigenvalue weighted by molar-refractivity contribution is 7.98. The van der Waals surface area contributed by atoms with Gasteiger partial charge in [0.25, 0.3) is 5.56 Å². The molecule has 2 aromatic rings. The van der Waals surface area contributed by atoms with E-state index in [2.05, 4.69) is 19.9 Å². The molecule has 0 saturated carbocycles. The third-order valence-electron chi connectivity index (χ3n) is 2.24. The number of nitrogens with zero attached hydrogens (tertiary/aromatic N) is 3. The summed E-state index contributed by atoms with van der Waals surface area (Å²) in [6.07, 6.45) is 3.38. The quantitative estimate of drug-likeness (QED) is 0.604. The van der Waals surface area contributed by atoms with Crippen molar-refractivity contribution in [2.24, 2.45) is 0 Å². The molecule has 0 unspecified atom stereocenters. The summed E-state index contributed by atoms with van der Waals surface area (Å²) in [5.74, 6) is 0.162. The Morgan fingerprint density at radius 1 is 1.41 bits per heavy atom. The minimum absolute atomic E-state index is 0.162. The molecule has 0 fully saturated rings. The minimum Gasteiger partial charge on any atom is -0.368 e. The van der Waals surface area contributed by atoms with E-state index in [0.717, 1.165) is 0 Å². The predicted octanol–water partition coefficient (Wildman–Crippen LogP) is 0.839. The molecule has 0 radical (unpaired) electrons. The Morgan fingerprint density at radius 2 is 2.18 bits per heavy atom. The van der Waals surface area contributed by atoms with Crippen molar-refractivity contribution in [2.75, 3.05) is 12.0 Å². The van der Waals surface area contributed by atoms with Gasteiger partial charge in [-0.2, -0.15) is 0 Å². The van der Waals surface area contributed by atoms with Crippen molar-refractivity contribution in [3.63, 3.8) is 0 Å². The number of anilines is 1. The van der Waals surface area contributed by atoms with Crippen LogP contribution in [0.15, 0.2) is 22.2 Å². The lowest BCUT2D eigenvalue weighted by Crippen LogP contribution is -2.14. The largest absolute Gasteiger partial charge is 0.368 e. The smallest absolute Gasteiger partial charge is 0.255 e. The normalized spacial score (nSPS) is 10.5. The van der Waals surface area contributed by atoms with Crippen LogP contribution in [0.3, 0.4) is 0 Å². The number of hydrogen-bond donors (Lipinski definition) is 2. The van der Waals surface area contributed by atoms with E-state index < -0.39 is 0 Å². The molecule has 2 rings (SSSR count). The van der Waals surface area contributed by atoms with Gasteiger partial charge in [0.1, 0.15) is 5.69 Å². The molecule has 88 valence electrons. The fourth-order valence-corrected chi connectivity index (χ4v) is 1.74. The number of H-pyrrole nitrogens is 1. The number of aromatic nitrogens is 4. The van der Waals surface area contributed by atoms with Gasteiger partial charge in [-0.05, 0) is 19.2 Å². The van der Waals surface area contributed by atoms with Crippen molar-refractivity contribution in [1.29, 1.82) is 0 Å². The van der Waals surface area contributed by atoms with Crippen LogP contribution >= 0.6 is 11.8 Å². The zero-order valence-corrected chi connectivity index (χ0v) is 10.2. The fourth-order valence-electron chi connectivity index (χ4n) is 1.36. The van der Waals surface area contributed by atoms with Crippen molar-refractivity contribution in [1.82, 2.24) is 19.9 Å². The molecule has 2 aromatic heterocycles. The predicted molar refractivity (Wildman–Crippen MR) is 66.8 cm³/mol. The summed E-state index contributed by atoms with van der Waals surface area (Å²) in [6, 6.07) is 1.68. The van der Waals surface area contributed by atoms with Gasteiger partial charge in [-0.25, -0.2) is 15.0 Å². The van der Waals surface area contributed by atoms with E-state index in [-0.39, 0.29) is 11.5 Å². The Bertz CT molecular complexity index is 610.